The number of fused-ring (bicyclic) bond motifs is 1. The number of hydrogen-bond acceptors (Lipinski definition) is 3. The molecule has 3 rings (SSSR count). The first-order valence-electron chi connectivity index (χ1n) is 6.81. The van der Waals surface area contributed by atoms with Gasteiger partial charge in [-0.3, -0.25) is 4.79 Å². The molecule has 0 bridgehead atoms. The normalized spacial score (nSPS) is 21.6. The van der Waals surface area contributed by atoms with E-state index < -0.39 is 0 Å². The van der Waals surface area contributed by atoms with Gasteiger partial charge in [0, 0.05) is 13.0 Å². The summed E-state index contributed by atoms with van der Waals surface area (Å²) in [5.41, 5.74) is 2.53. The molecule has 1 aromatic heterocycles. The van der Waals surface area contributed by atoms with E-state index in [4.69, 9.17) is 0 Å². The van der Waals surface area contributed by atoms with Gasteiger partial charge in [-0.2, -0.15) is 0 Å². The van der Waals surface area contributed by atoms with Crippen molar-refractivity contribution in [3.63, 3.8) is 0 Å². The molecule has 1 N–H and O–H groups in total. The second-order valence-electron chi connectivity index (χ2n) is 5.19. The monoisotopic (exact) mass is 274 g/mol. The zero-order chi connectivity index (χ0) is 13.4. The molecule has 0 spiro atoms. The fraction of sp³-hybridized carbons (Fsp3) is 0.467. The highest BCUT2D eigenvalue weighted by molar-refractivity contribution is 7.18. The van der Waals surface area contributed by atoms with Crippen LogP contribution in [0.15, 0.2) is 18.2 Å². The summed E-state index contributed by atoms with van der Waals surface area (Å²) in [5, 5.41) is 4.12. The Kier molecular flexibility index (Phi) is 3.27. The van der Waals surface area contributed by atoms with Gasteiger partial charge in [0.05, 0.1) is 15.2 Å². The van der Waals surface area contributed by atoms with E-state index in [1.807, 2.05) is 6.92 Å². The number of amides is 1. The first-order chi connectivity index (χ1) is 9.19. The minimum absolute atomic E-state index is 0.150. The van der Waals surface area contributed by atoms with E-state index in [2.05, 4.69) is 35.4 Å². The molecule has 1 fully saturated rings. The van der Waals surface area contributed by atoms with Gasteiger partial charge in [-0.15, -0.1) is 11.3 Å². The average molecular weight is 274 g/mol. The molecule has 2 aromatic rings. The van der Waals surface area contributed by atoms with Gasteiger partial charge in [-0.05, 0) is 36.8 Å². The van der Waals surface area contributed by atoms with E-state index in [0.29, 0.717) is 18.3 Å². The summed E-state index contributed by atoms with van der Waals surface area (Å²) in [7, 11) is 0. The summed E-state index contributed by atoms with van der Waals surface area (Å²) in [6, 6.07) is 6.39. The summed E-state index contributed by atoms with van der Waals surface area (Å²) in [5.74, 6) is 1.35. The fourth-order valence-electron chi connectivity index (χ4n) is 2.60. The largest absolute Gasteiger partial charge is 0.356 e. The van der Waals surface area contributed by atoms with E-state index in [-0.39, 0.29) is 5.91 Å². The quantitative estimate of drug-likeness (QED) is 0.930. The maximum Gasteiger partial charge on any atom is 0.219 e. The van der Waals surface area contributed by atoms with Crippen LogP contribution in [0.4, 0.5) is 0 Å². The van der Waals surface area contributed by atoms with Gasteiger partial charge in [0.15, 0.2) is 0 Å². The standard InChI is InChI=1S/C15H18N2OS/c1-3-14(18)16-8-10-7-12(10)11-5-4-6-13-15(11)19-9(2)17-13/h4-6,10,12H,3,7-8H2,1-2H3,(H,16,18)/t10-,12?/m0/s1. The number of nitrogens with one attached hydrogen (secondary N) is 1. The minimum Gasteiger partial charge on any atom is -0.356 e. The van der Waals surface area contributed by atoms with Crippen LogP contribution in [0.3, 0.4) is 0 Å². The molecule has 19 heavy (non-hydrogen) atoms. The number of rotatable bonds is 4. The maximum atomic E-state index is 11.3. The Bertz CT molecular complexity index is 620. The molecule has 1 amide bonds. The molecule has 1 saturated carbocycles. The highest BCUT2D eigenvalue weighted by Gasteiger charge is 2.39. The third-order valence-electron chi connectivity index (χ3n) is 3.76. The smallest absolute Gasteiger partial charge is 0.219 e. The molecule has 0 saturated heterocycles. The average Bonchev–Trinajstić information content (AvgIpc) is 3.07. The van der Waals surface area contributed by atoms with Crippen LogP contribution in [-0.4, -0.2) is 17.4 Å². The van der Waals surface area contributed by atoms with Crippen molar-refractivity contribution in [2.45, 2.75) is 32.6 Å². The van der Waals surface area contributed by atoms with E-state index >= 15 is 0 Å². The summed E-state index contributed by atoms with van der Waals surface area (Å²) < 4.78 is 1.33. The topological polar surface area (TPSA) is 42.0 Å². The molecule has 1 aromatic carbocycles. The predicted molar refractivity (Wildman–Crippen MR) is 78.5 cm³/mol. The number of carbonyl (C=O) groups excluding carboxylic acids is 1. The van der Waals surface area contributed by atoms with Crippen LogP contribution < -0.4 is 5.32 Å². The van der Waals surface area contributed by atoms with Crippen molar-refractivity contribution in [1.29, 1.82) is 0 Å². The Morgan fingerprint density at radius 2 is 2.37 bits per heavy atom. The van der Waals surface area contributed by atoms with Crippen molar-refractivity contribution in [3.8, 4) is 0 Å². The van der Waals surface area contributed by atoms with Crippen molar-refractivity contribution < 1.29 is 4.79 Å². The van der Waals surface area contributed by atoms with Gasteiger partial charge in [-0.1, -0.05) is 19.1 Å². The van der Waals surface area contributed by atoms with E-state index in [1.165, 1.54) is 16.7 Å². The Hall–Kier alpha value is -1.42. The molecular weight excluding hydrogens is 256 g/mol. The number of thiazole rings is 1. The summed E-state index contributed by atoms with van der Waals surface area (Å²) in [6.45, 7) is 4.76. The zero-order valence-corrected chi connectivity index (χ0v) is 12.1. The van der Waals surface area contributed by atoms with Crippen LogP contribution in [0.25, 0.3) is 10.2 Å². The van der Waals surface area contributed by atoms with Gasteiger partial charge >= 0.3 is 0 Å². The van der Waals surface area contributed by atoms with E-state index in [9.17, 15) is 4.79 Å². The molecule has 100 valence electrons. The molecule has 4 heteroatoms. The SMILES string of the molecule is CCC(=O)NC[C@@H]1CC1c1cccc2nc(C)sc12. The first kappa shape index (κ1) is 12.6. The van der Waals surface area contributed by atoms with E-state index in [0.717, 1.165) is 17.1 Å². The lowest BCUT2D eigenvalue weighted by atomic mass is 10.1. The van der Waals surface area contributed by atoms with Gasteiger partial charge < -0.3 is 5.32 Å². The number of carbonyl (C=O) groups is 1. The van der Waals surface area contributed by atoms with Crippen molar-refractivity contribution in [2.24, 2.45) is 5.92 Å². The Morgan fingerprint density at radius 3 is 3.16 bits per heavy atom. The van der Waals surface area contributed by atoms with Crippen LogP contribution >= 0.6 is 11.3 Å². The molecule has 0 radical (unpaired) electrons. The molecule has 1 aliphatic rings. The number of aromatic nitrogens is 1. The summed E-state index contributed by atoms with van der Waals surface area (Å²) >= 11 is 1.78. The van der Waals surface area contributed by atoms with Gasteiger partial charge in [0.25, 0.3) is 0 Å². The first-order valence-corrected chi connectivity index (χ1v) is 7.63. The highest BCUT2D eigenvalue weighted by atomic mass is 32.1. The number of aryl methyl sites for hydroxylation is 1. The molecule has 1 unspecified atom stereocenters. The van der Waals surface area contributed by atoms with Crippen LogP contribution in [0, 0.1) is 12.8 Å². The van der Waals surface area contributed by atoms with Gasteiger partial charge in [0.1, 0.15) is 0 Å². The molecule has 3 nitrogen and oxygen atoms in total. The minimum atomic E-state index is 0.150. The Balaban J connectivity index is 1.74. The summed E-state index contributed by atoms with van der Waals surface area (Å²) in [6.07, 6.45) is 1.75. The van der Waals surface area contributed by atoms with Crippen molar-refractivity contribution in [1.82, 2.24) is 10.3 Å². The zero-order valence-electron chi connectivity index (χ0n) is 11.3. The Labute approximate surface area is 117 Å². The van der Waals surface area contributed by atoms with Crippen molar-refractivity contribution in [2.75, 3.05) is 6.54 Å². The number of nitrogens with zero attached hydrogens (tertiary/aromatic N) is 1. The molecule has 1 heterocycles. The lowest BCUT2D eigenvalue weighted by molar-refractivity contribution is -0.120. The maximum absolute atomic E-state index is 11.3. The second-order valence-corrected chi connectivity index (χ2v) is 6.39. The molecular formula is C15H18N2OS. The molecule has 0 aliphatic heterocycles. The third-order valence-corrected chi connectivity index (χ3v) is 4.79. The van der Waals surface area contributed by atoms with Gasteiger partial charge in [-0.25, -0.2) is 4.98 Å². The van der Waals surface area contributed by atoms with Crippen LogP contribution in [0.5, 0.6) is 0 Å². The van der Waals surface area contributed by atoms with Gasteiger partial charge in [0.2, 0.25) is 5.91 Å². The van der Waals surface area contributed by atoms with Crippen LogP contribution in [0.2, 0.25) is 0 Å². The fourth-order valence-corrected chi connectivity index (χ4v) is 3.59. The lowest BCUT2D eigenvalue weighted by Gasteiger charge is -2.04. The highest BCUT2D eigenvalue weighted by Crippen LogP contribution is 2.49. The lowest BCUT2D eigenvalue weighted by Crippen LogP contribution is -2.24. The molecule has 2 atom stereocenters. The third kappa shape index (κ3) is 2.50. The van der Waals surface area contributed by atoms with E-state index in [1.54, 1.807) is 11.3 Å². The number of hydrogen-bond donors (Lipinski definition) is 1. The number of benzene rings is 1. The predicted octanol–water partition coefficient (Wildman–Crippen LogP) is 3.23. The van der Waals surface area contributed by atoms with Crippen LogP contribution in [-0.2, 0) is 4.79 Å². The Morgan fingerprint density at radius 1 is 1.53 bits per heavy atom. The van der Waals surface area contributed by atoms with Crippen molar-refractivity contribution in [3.05, 3.63) is 28.8 Å². The summed E-state index contributed by atoms with van der Waals surface area (Å²) in [4.78, 5) is 15.8. The second kappa shape index (κ2) is 4.93. The van der Waals surface area contributed by atoms with Crippen LogP contribution in [0.1, 0.15) is 36.3 Å². The molecule has 1 aliphatic carbocycles. The van der Waals surface area contributed by atoms with Crippen molar-refractivity contribution >= 4 is 27.5 Å².